The Morgan fingerprint density at radius 2 is 1.88 bits per heavy atom. The van der Waals surface area contributed by atoms with E-state index in [1.807, 2.05) is 0 Å². The Kier molecular flexibility index (Phi) is 11.1. The summed E-state index contributed by atoms with van der Waals surface area (Å²) in [5.41, 5.74) is 4.40. The Balaban J connectivity index is 0.00000289. The van der Waals surface area contributed by atoms with Crippen LogP contribution < -0.4 is 11.1 Å². The molecular weight excluding hydrogens is 497 g/mol. The summed E-state index contributed by atoms with van der Waals surface area (Å²) in [6.45, 7) is 0.396. The average Bonchev–Trinajstić information content (AvgIpc) is 2.75. The molecule has 1 fully saturated rings. The second-order valence-electron chi connectivity index (χ2n) is 8.41. The van der Waals surface area contributed by atoms with Crippen LogP contribution in [0.1, 0.15) is 49.4 Å². The number of piperidine rings is 1. The van der Waals surface area contributed by atoms with Crippen molar-refractivity contribution in [1.29, 1.82) is 0 Å². The van der Waals surface area contributed by atoms with Gasteiger partial charge in [0.2, 0.25) is 0 Å². The molecule has 34 heavy (non-hydrogen) atoms. The van der Waals surface area contributed by atoms with E-state index in [0.717, 1.165) is 6.07 Å². The van der Waals surface area contributed by atoms with Crippen LogP contribution in [0.15, 0.2) is 30.3 Å². The zero-order chi connectivity index (χ0) is 23.5. The molecule has 3 unspecified atom stereocenters. The third-order valence-electron chi connectivity index (χ3n) is 6.23. The van der Waals surface area contributed by atoms with Gasteiger partial charge in [-0.05, 0) is 50.2 Å². The van der Waals surface area contributed by atoms with Crippen molar-refractivity contribution in [3.05, 3.63) is 41.6 Å². The van der Waals surface area contributed by atoms with Crippen LogP contribution in [-0.4, -0.2) is 45.3 Å². The van der Waals surface area contributed by atoms with Crippen molar-refractivity contribution in [2.75, 3.05) is 6.54 Å². The molecule has 0 bridgehead atoms. The first-order valence-electron chi connectivity index (χ1n) is 10.6. The number of rotatable bonds is 8. The van der Waals surface area contributed by atoms with Gasteiger partial charge in [-0.2, -0.15) is 13.2 Å². The van der Waals surface area contributed by atoms with E-state index in [-0.39, 0.29) is 60.6 Å². The highest BCUT2D eigenvalue weighted by Gasteiger charge is 2.44. The number of unbranched alkanes of at least 4 members (excludes halogenated alkanes) is 1. The van der Waals surface area contributed by atoms with Gasteiger partial charge in [0, 0.05) is 11.4 Å². The first-order valence-corrected chi connectivity index (χ1v) is 10.6. The molecular formula is C21H29BCl2F3N3O4. The number of fused-ring (bicyclic) bond motifs is 1. The number of carboxylic acids is 1. The predicted molar refractivity (Wildman–Crippen MR) is 128 cm³/mol. The van der Waals surface area contributed by atoms with Crippen molar-refractivity contribution in [2.45, 2.75) is 56.2 Å². The van der Waals surface area contributed by atoms with Gasteiger partial charge in [0.1, 0.15) is 5.54 Å². The lowest BCUT2D eigenvalue weighted by Gasteiger charge is -2.39. The average molecular weight is 526 g/mol. The number of nitrogens with two attached hydrogens (primary N) is 1. The first-order chi connectivity index (χ1) is 15.0. The van der Waals surface area contributed by atoms with Gasteiger partial charge in [-0.25, -0.2) is 0 Å². The Bertz CT molecular complexity index is 970. The third kappa shape index (κ3) is 6.96. The molecule has 7 nitrogen and oxygen atoms in total. The Morgan fingerprint density at radius 3 is 2.50 bits per heavy atom. The van der Waals surface area contributed by atoms with Gasteiger partial charge >= 0.3 is 19.3 Å². The lowest BCUT2D eigenvalue weighted by Crippen LogP contribution is -2.57. The number of alkyl halides is 3. The van der Waals surface area contributed by atoms with Crippen molar-refractivity contribution >= 4 is 48.8 Å². The van der Waals surface area contributed by atoms with Gasteiger partial charge < -0.3 is 26.2 Å². The van der Waals surface area contributed by atoms with Crippen LogP contribution in [0.25, 0.3) is 10.9 Å². The minimum Gasteiger partial charge on any atom is -0.480 e. The standard InChI is InChI=1S/C21H27BF3N3O4.2ClH/c23-21(24,25)15-12-18(28-16-6-2-1-5-14(15)16)17-11-13(7-10-27-17)20(26,19(29)30)8-3-4-9-22(31)32;;/h1-2,5-6,12-13,17,27,31-32H,3-4,7-11,26H2,(H,29,30);2*1H. The summed E-state index contributed by atoms with van der Waals surface area (Å²) in [6, 6.07) is 6.51. The van der Waals surface area contributed by atoms with Crippen molar-refractivity contribution in [2.24, 2.45) is 11.7 Å². The van der Waals surface area contributed by atoms with Gasteiger partial charge in [-0.15, -0.1) is 24.8 Å². The van der Waals surface area contributed by atoms with E-state index in [4.69, 9.17) is 15.8 Å². The van der Waals surface area contributed by atoms with Crippen LogP contribution in [-0.2, 0) is 11.0 Å². The summed E-state index contributed by atoms with van der Waals surface area (Å²) >= 11 is 0. The summed E-state index contributed by atoms with van der Waals surface area (Å²) in [5.74, 6) is -1.65. The van der Waals surface area contributed by atoms with E-state index in [2.05, 4.69) is 10.3 Å². The fourth-order valence-corrected chi connectivity index (χ4v) is 4.45. The van der Waals surface area contributed by atoms with Crippen molar-refractivity contribution in [3.63, 3.8) is 0 Å². The zero-order valence-electron chi connectivity index (χ0n) is 18.3. The molecule has 1 aromatic carbocycles. The first kappa shape index (κ1) is 30.4. The maximum Gasteiger partial charge on any atom is 0.451 e. The highest BCUT2D eigenvalue weighted by atomic mass is 35.5. The Morgan fingerprint density at radius 1 is 1.21 bits per heavy atom. The van der Waals surface area contributed by atoms with E-state index in [9.17, 15) is 23.1 Å². The number of carbonyl (C=O) groups is 1. The van der Waals surface area contributed by atoms with E-state index < -0.39 is 42.3 Å². The van der Waals surface area contributed by atoms with Crippen molar-refractivity contribution in [3.8, 4) is 0 Å². The number of halogens is 5. The molecule has 1 saturated heterocycles. The maximum absolute atomic E-state index is 13.7. The third-order valence-corrected chi connectivity index (χ3v) is 6.23. The molecule has 1 aliphatic heterocycles. The number of aliphatic carboxylic acids is 1. The van der Waals surface area contributed by atoms with Gasteiger partial charge in [0.25, 0.3) is 0 Å². The van der Waals surface area contributed by atoms with Gasteiger partial charge in [0.15, 0.2) is 0 Å². The second-order valence-corrected chi connectivity index (χ2v) is 8.41. The SMILES string of the molecule is Cl.Cl.NC(CCCCB(O)O)(C(=O)O)C1CCNC(c2cc(C(F)(F)F)c3ccccc3n2)C1. The number of pyridine rings is 1. The number of nitrogens with one attached hydrogen (secondary N) is 1. The minimum atomic E-state index is -4.55. The van der Waals surface area contributed by atoms with Gasteiger partial charge in [-0.1, -0.05) is 31.0 Å². The quantitative estimate of drug-likeness (QED) is 0.263. The second kappa shape index (κ2) is 12.4. The molecule has 190 valence electrons. The van der Waals surface area contributed by atoms with Crippen LogP contribution in [0.4, 0.5) is 13.2 Å². The summed E-state index contributed by atoms with van der Waals surface area (Å²) < 4.78 is 41.1. The molecule has 0 aliphatic carbocycles. The van der Waals surface area contributed by atoms with Gasteiger partial charge in [0.05, 0.1) is 16.8 Å². The largest absolute Gasteiger partial charge is 0.480 e. The predicted octanol–water partition coefficient (Wildman–Crippen LogP) is 3.56. The number of nitrogens with zero attached hydrogens (tertiary/aromatic N) is 1. The molecule has 1 aliphatic rings. The number of hydrogen-bond donors (Lipinski definition) is 5. The summed E-state index contributed by atoms with van der Waals surface area (Å²) in [4.78, 5) is 16.5. The van der Waals surface area contributed by atoms with E-state index in [0.29, 0.717) is 25.8 Å². The van der Waals surface area contributed by atoms with Crippen LogP contribution in [0, 0.1) is 5.92 Å². The summed E-state index contributed by atoms with van der Waals surface area (Å²) in [5, 5.41) is 30.9. The molecule has 13 heteroatoms. The molecule has 0 saturated carbocycles. The number of aromatic nitrogens is 1. The number of para-hydroxylation sites is 1. The number of hydrogen-bond acceptors (Lipinski definition) is 6. The smallest absolute Gasteiger partial charge is 0.451 e. The molecule has 1 aromatic heterocycles. The Hall–Kier alpha value is -1.63. The lowest BCUT2D eigenvalue weighted by molar-refractivity contribution is -0.146. The summed E-state index contributed by atoms with van der Waals surface area (Å²) in [7, 11) is -1.46. The van der Waals surface area contributed by atoms with E-state index in [1.54, 1.807) is 6.07 Å². The fourth-order valence-electron chi connectivity index (χ4n) is 4.45. The van der Waals surface area contributed by atoms with Crippen LogP contribution in [0.5, 0.6) is 0 Å². The molecule has 6 N–H and O–H groups in total. The molecule has 3 atom stereocenters. The van der Waals surface area contributed by atoms with Crippen LogP contribution >= 0.6 is 24.8 Å². The molecule has 3 rings (SSSR count). The highest BCUT2D eigenvalue weighted by molar-refractivity contribution is 6.40. The normalized spacial score (nSPS) is 20.1. The van der Waals surface area contributed by atoms with E-state index in [1.165, 1.54) is 18.2 Å². The van der Waals surface area contributed by atoms with E-state index >= 15 is 0 Å². The molecule has 0 amide bonds. The zero-order valence-corrected chi connectivity index (χ0v) is 19.9. The van der Waals surface area contributed by atoms with Gasteiger partial charge in [-0.3, -0.25) is 9.78 Å². The lowest BCUT2D eigenvalue weighted by atomic mass is 9.72. The van der Waals surface area contributed by atoms with Crippen LogP contribution in [0.3, 0.4) is 0 Å². The van der Waals surface area contributed by atoms with Crippen LogP contribution in [0.2, 0.25) is 6.32 Å². The summed E-state index contributed by atoms with van der Waals surface area (Å²) in [6.07, 6.45) is -2.82. The highest BCUT2D eigenvalue weighted by Crippen LogP contribution is 2.39. The van der Waals surface area contributed by atoms with Crippen molar-refractivity contribution < 1.29 is 33.1 Å². The molecule has 0 spiro atoms. The Labute approximate surface area is 208 Å². The topological polar surface area (TPSA) is 129 Å². The molecule has 2 heterocycles. The molecule has 0 radical (unpaired) electrons. The number of carboxylic acid groups (broad SMARTS) is 1. The molecule has 2 aromatic rings. The number of benzene rings is 1. The maximum atomic E-state index is 13.7. The fraction of sp³-hybridized carbons (Fsp3) is 0.524. The monoisotopic (exact) mass is 525 g/mol. The van der Waals surface area contributed by atoms with Crippen molar-refractivity contribution in [1.82, 2.24) is 10.3 Å². The minimum absolute atomic E-state index is 0.